The minimum Gasteiger partial charge on any atom is -0.297 e. The van der Waals surface area contributed by atoms with E-state index in [4.69, 9.17) is 17.8 Å². The van der Waals surface area contributed by atoms with Crippen LogP contribution in [0.25, 0.3) is 6.08 Å². The van der Waals surface area contributed by atoms with Gasteiger partial charge in [-0.1, -0.05) is 23.4 Å². The van der Waals surface area contributed by atoms with E-state index < -0.39 is 11.9 Å². The number of aromatic nitrogens is 3. The molecule has 1 saturated heterocycles. The Bertz CT molecular complexity index is 1050. The van der Waals surface area contributed by atoms with Crippen molar-refractivity contribution >= 4 is 42.8 Å². The molecule has 34 heavy (non-hydrogen) atoms. The number of rotatable bonds is 9. The third kappa shape index (κ3) is 6.44. The normalized spacial score (nSPS) is 20.6. The molecule has 2 heterocycles. The van der Waals surface area contributed by atoms with Crippen LogP contribution >= 0.6 is 25.0 Å². The molecule has 184 valence electrons. The number of amides is 1. The number of carbonyl (C=O) groups is 2. The van der Waals surface area contributed by atoms with Gasteiger partial charge < -0.3 is 0 Å². The van der Waals surface area contributed by atoms with Gasteiger partial charge in [-0.15, -0.1) is 17.5 Å². The quantitative estimate of drug-likeness (QED) is 0.272. The molecule has 2 N–H and O–H groups in total. The number of nitrogens with zero attached hydrogens (tertiary/aromatic N) is 4. The van der Waals surface area contributed by atoms with Crippen LogP contribution in [0, 0.1) is 11.7 Å². The Kier molecular flexibility index (Phi) is 9.24. The van der Waals surface area contributed by atoms with Gasteiger partial charge in [-0.25, -0.2) is 9.87 Å². The van der Waals surface area contributed by atoms with Crippen LogP contribution in [0.3, 0.4) is 0 Å². The number of halogens is 2. The van der Waals surface area contributed by atoms with Crippen LogP contribution in [0.1, 0.15) is 49.4 Å². The molecular formula is C23H29ClFN5O3S. The van der Waals surface area contributed by atoms with Gasteiger partial charge in [0.05, 0.1) is 12.2 Å². The number of hydrogen-bond acceptors (Lipinski definition) is 7. The summed E-state index contributed by atoms with van der Waals surface area (Å²) < 4.78 is 16.3. The second-order valence-corrected chi connectivity index (χ2v) is 9.26. The maximum absolute atomic E-state index is 14.7. The molecule has 1 aliphatic heterocycles. The van der Waals surface area contributed by atoms with E-state index in [1.807, 2.05) is 6.08 Å². The third-order valence-electron chi connectivity index (χ3n) is 6.12. The summed E-state index contributed by atoms with van der Waals surface area (Å²) >= 11 is 4.73. The number of likely N-dealkylation sites (tertiary alicyclic amines) is 1. The summed E-state index contributed by atoms with van der Waals surface area (Å²) in [7, 11) is 0. The number of carbonyl (C=O) groups excluding carboxylic acids is 2. The first-order chi connectivity index (χ1) is 16.0. The lowest BCUT2D eigenvalue weighted by atomic mass is 9.93. The number of nitrogens with one attached hydrogen (secondary N) is 1. The highest BCUT2D eigenvalue weighted by atomic mass is 35.5. The van der Waals surface area contributed by atoms with E-state index in [1.165, 1.54) is 6.07 Å². The molecule has 1 aromatic carbocycles. The van der Waals surface area contributed by atoms with Crippen LogP contribution in [0.15, 0.2) is 36.0 Å². The maximum Gasteiger partial charge on any atom is 0.243 e. The lowest BCUT2D eigenvalue weighted by Gasteiger charge is -2.37. The lowest BCUT2D eigenvalue weighted by Crippen LogP contribution is -2.42. The Hall–Kier alpha value is -2.27. The van der Waals surface area contributed by atoms with Gasteiger partial charge in [0.1, 0.15) is 11.5 Å². The van der Waals surface area contributed by atoms with Crippen molar-refractivity contribution in [3.05, 3.63) is 53.1 Å². The highest BCUT2D eigenvalue weighted by Gasteiger charge is 2.40. The van der Waals surface area contributed by atoms with Crippen LogP contribution in [-0.4, -0.2) is 55.1 Å². The van der Waals surface area contributed by atoms with E-state index in [0.717, 1.165) is 24.8 Å². The Morgan fingerprint density at radius 2 is 2.06 bits per heavy atom. The molecule has 2 atom stereocenters. The van der Waals surface area contributed by atoms with Gasteiger partial charge >= 0.3 is 0 Å². The molecule has 0 bridgehead atoms. The summed E-state index contributed by atoms with van der Waals surface area (Å²) in [6.07, 6.45) is 6.90. The van der Waals surface area contributed by atoms with Crippen molar-refractivity contribution in [2.45, 2.75) is 49.9 Å². The molecular weight excluding hydrogens is 481 g/mol. The van der Waals surface area contributed by atoms with E-state index in [0.29, 0.717) is 37.3 Å². The zero-order valence-corrected chi connectivity index (χ0v) is 20.3. The first kappa shape index (κ1) is 26.3. The summed E-state index contributed by atoms with van der Waals surface area (Å²) in [5.74, 6) is -0.686. The minimum atomic E-state index is -0.601. The lowest BCUT2D eigenvalue weighted by molar-refractivity contribution is -0.129. The number of ketones is 1. The SMILES string of the molecule is Cl.O=C(CCCn1cc(C=C2CN(C(C(=O)C3CC3)c3ccccc3F)CCC2S)nn1)NO. The van der Waals surface area contributed by atoms with Crippen molar-refractivity contribution in [3.8, 4) is 0 Å². The first-order valence-corrected chi connectivity index (χ1v) is 11.7. The van der Waals surface area contributed by atoms with Crippen LogP contribution in [0.2, 0.25) is 0 Å². The van der Waals surface area contributed by atoms with Crippen molar-refractivity contribution in [3.63, 3.8) is 0 Å². The Morgan fingerprint density at radius 1 is 1.29 bits per heavy atom. The zero-order chi connectivity index (χ0) is 23.4. The maximum atomic E-state index is 14.7. The summed E-state index contributed by atoms with van der Waals surface area (Å²) in [6.45, 7) is 1.64. The number of aryl methyl sites for hydroxylation is 1. The van der Waals surface area contributed by atoms with Crippen molar-refractivity contribution in [2.75, 3.05) is 13.1 Å². The second kappa shape index (κ2) is 11.9. The molecule has 1 aliphatic carbocycles. The average molecular weight is 510 g/mol. The van der Waals surface area contributed by atoms with Gasteiger partial charge in [-0.2, -0.15) is 12.6 Å². The smallest absolute Gasteiger partial charge is 0.243 e. The Morgan fingerprint density at radius 3 is 2.76 bits per heavy atom. The summed E-state index contributed by atoms with van der Waals surface area (Å²) in [4.78, 5) is 26.3. The fourth-order valence-electron chi connectivity index (χ4n) is 4.21. The first-order valence-electron chi connectivity index (χ1n) is 11.2. The monoisotopic (exact) mass is 509 g/mol. The van der Waals surface area contributed by atoms with Crippen LogP contribution < -0.4 is 5.48 Å². The molecule has 2 aromatic rings. The predicted octanol–water partition coefficient (Wildman–Crippen LogP) is 3.23. The molecule has 1 saturated carbocycles. The zero-order valence-electron chi connectivity index (χ0n) is 18.6. The predicted molar refractivity (Wildman–Crippen MR) is 130 cm³/mol. The van der Waals surface area contributed by atoms with E-state index in [1.54, 1.807) is 34.6 Å². The molecule has 2 fully saturated rings. The third-order valence-corrected chi connectivity index (χ3v) is 6.71. The van der Waals surface area contributed by atoms with E-state index in [-0.39, 0.29) is 41.6 Å². The summed E-state index contributed by atoms with van der Waals surface area (Å²) in [5.41, 5.74) is 3.70. The molecule has 8 nitrogen and oxygen atoms in total. The summed E-state index contributed by atoms with van der Waals surface area (Å²) in [5, 5.41) is 16.8. The van der Waals surface area contributed by atoms with Crippen molar-refractivity contribution in [2.24, 2.45) is 5.92 Å². The highest BCUT2D eigenvalue weighted by Crippen LogP contribution is 2.39. The van der Waals surface area contributed by atoms with E-state index in [9.17, 15) is 14.0 Å². The number of hydroxylamine groups is 1. The van der Waals surface area contributed by atoms with Gasteiger partial charge in [0, 0.05) is 42.8 Å². The topological polar surface area (TPSA) is 100 Å². The molecule has 1 amide bonds. The largest absolute Gasteiger partial charge is 0.297 e. The Labute approximate surface area is 209 Å². The Balaban J connectivity index is 0.00000324. The molecule has 1 aromatic heterocycles. The van der Waals surface area contributed by atoms with E-state index in [2.05, 4.69) is 15.2 Å². The number of benzene rings is 1. The number of piperidine rings is 1. The summed E-state index contributed by atoms with van der Waals surface area (Å²) in [6, 6.07) is 5.93. The average Bonchev–Trinajstić information content (AvgIpc) is 3.57. The molecule has 2 unspecified atom stereocenters. The highest BCUT2D eigenvalue weighted by molar-refractivity contribution is 7.81. The molecule has 0 radical (unpaired) electrons. The van der Waals surface area contributed by atoms with E-state index >= 15 is 0 Å². The van der Waals surface area contributed by atoms with Crippen LogP contribution in [-0.2, 0) is 16.1 Å². The molecule has 2 aliphatic rings. The molecule has 4 rings (SSSR count). The second-order valence-electron chi connectivity index (χ2n) is 8.64. The molecule has 0 spiro atoms. The van der Waals surface area contributed by atoms with Gasteiger partial charge in [0.25, 0.3) is 0 Å². The van der Waals surface area contributed by atoms with Crippen LogP contribution in [0.4, 0.5) is 4.39 Å². The van der Waals surface area contributed by atoms with Gasteiger partial charge in [0.15, 0.2) is 5.78 Å². The van der Waals surface area contributed by atoms with Crippen LogP contribution in [0.5, 0.6) is 0 Å². The number of Topliss-reactive ketones (excluding diaryl/α,β-unsaturated/α-hetero) is 1. The number of hydrogen-bond donors (Lipinski definition) is 3. The fraction of sp³-hybridized carbons (Fsp3) is 0.478. The standard InChI is InChI=1S/C23H28FN5O3S.ClH/c24-19-5-2-1-4-18(19)22(23(31)15-7-8-15)28-11-9-20(33)16(13-28)12-17-14-29(27-25-17)10-3-6-21(30)26-32;/h1-2,4-5,12,14-15,20,22,32-33H,3,6-11,13H2,(H,26,30);1H. The number of thiol groups is 1. The van der Waals surface area contributed by atoms with Gasteiger partial charge in [-0.3, -0.25) is 24.4 Å². The van der Waals surface area contributed by atoms with Crippen molar-refractivity contribution < 1.29 is 19.2 Å². The molecule has 11 heteroatoms. The van der Waals surface area contributed by atoms with Gasteiger partial charge in [-0.05, 0) is 43.4 Å². The minimum absolute atomic E-state index is 0. The van der Waals surface area contributed by atoms with Crippen molar-refractivity contribution in [1.82, 2.24) is 25.4 Å². The fourth-order valence-corrected chi connectivity index (χ4v) is 4.48. The van der Waals surface area contributed by atoms with Crippen molar-refractivity contribution in [1.29, 1.82) is 0 Å². The van der Waals surface area contributed by atoms with Gasteiger partial charge in [0.2, 0.25) is 5.91 Å².